The van der Waals surface area contributed by atoms with Crippen LogP contribution in [0.5, 0.6) is 0 Å². The fourth-order valence-corrected chi connectivity index (χ4v) is 4.93. The third-order valence-electron chi connectivity index (χ3n) is 5.04. The quantitative estimate of drug-likeness (QED) is 0.926. The van der Waals surface area contributed by atoms with Crippen LogP contribution < -0.4 is 10.6 Å². The summed E-state index contributed by atoms with van der Waals surface area (Å²) in [5.41, 5.74) is 10.4. The summed E-state index contributed by atoms with van der Waals surface area (Å²) < 4.78 is 0. The summed E-state index contributed by atoms with van der Waals surface area (Å²) >= 11 is 2.07. The zero-order chi connectivity index (χ0) is 14.8. The third kappa shape index (κ3) is 3.08. The molecular formula is C17H27N3S. The molecule has 1 aromatic carbocycles. The first-order valence-corrected chi connectivity index (χ1v) is 9.20. The van der Waals surface area contributed by atoms with Gasteiger partial charge in [-0.05, 0) is 49.3 Å². The Balaban J connectivity index is 1.83. The first-order valence-electron chi connectivity index (χ1n) is 8.04. The number of aryl methyl sites for hydroxylation is 1. The maximum absolute atomic E-state index is 6.12. The van der Waals surface area contributed by atoms with Crippen LogP contribution in [-0.2, 0) is 6.42 Å². The molecule has 3 rings (SSSR count). The van der Waals surface area contributed by atoms with Crippen molar-refractivity contribution < 1.29 is 0 Å². The molecule has 0 aliphatic carbocycles. The van der Waals surface area contributed by atoms with Gasteiger partial charge in [-0.3, -0.25) is 4.90 Å². The Kier molecular flexibility index (Phi) is 4.77. The number of likely N-dealkylation sites (N-methyl/N-ethyl adjacent to an activating group) is 1. The van der Waals surface area contributed by atoms with E-state index in [1.54, 1.807) is 0 Å². The van der Waals surface area contributed by atoms with Crippen molar-refractivity contribution in [3.8, 4) is 0 Å². The van der Waals surface area contributed by atoms with Gasteiger partial charge < -0.3 is 10.6 Å². The van der Waals surface area contributed by atoms with Crippen LogP contribution in [0, 0.1) is 0 Å². The second-order valence-corrected chi connectivity index (χ2v) is 7.50. The predicted octanol–water partition coefficient (Wildman–Crippen LogP) is 2.51. The van der Waals surface area contributed by atoms with Gasteiger partial charge in [0.05, 0.1) is 0 Å². The van der Waals surface area contributed by atoms with E-state index in [9.17, 15) is 0 Å². The van der Waals surface area contributed by atoms with Crippen LogP contribution in [0.1, 0.15) is 30.0 Å². The molecule has 116 valence electrons. The molecule has 2 aliphatic rings. The normalized spacial score (nSPS) is 23.4. The average molecular weight is 305 g/mol. The highest BCUT2D eigenvalue weighted by molar-refractivity contribution is 7.99. The van der Waals surface area contributed by atoms with Gasteiger partial charge in [0, 0.05) is 43.7 Å². The number of fused-ring (bicyclic) bond motifs is 1. The number of benzene rings is 1. The number of thioether (sulfide) groups is 1. The lowest BCUT2D eigenvalue weighted by Gasteiger charge is -2.34. The molecule has 4 heteroatoms. The van der Waals surface area contributed by atoms with Crippen LogP contribution in [0.2, 0.25) is 0 Å². The first kappa shape index (κ1) is 15.2. The lowest BCUT2D eigenvalue weighted by atomic mass is 9.95. The SMILES string of the molecule is CN1CCCc2cc(C(CN)N(C)C3CCSC3)ccc21. The van der Waals surface area contributed by atoms with Gasteiger partial charge >= 0.3 is 0 Å². The minimum Gasteiger partial charge on any atom is -0.374 e. The number of hydrogen-bond donors (Lipinski definition) is 1. The number of anilines is 1. The van der Waals surface area contributed by atoms with E-state index >= 15 is 0 Å². The fourth-order valence-electron chi connectivity index (χ4n) is 3.65. The van der Waals surface area contributed by atoms with E-state index in [-0.39, 0.29) is 0 Å². The predicted molar refractivity (Wildman–Crippen MR) is 93.3 cm³/mol. The minimum absolute atomic E-state index is 0.353. The molecule has 21 heavy (non-hydrogen) atoms. The number of nitrogens with two attached hydrogens (primary N) is 1. The van der Waals surface area contributed by atoms with E-state index in [4.69, 9.17) is 5.73 Å². The van der Waals surface area contributed by atoms with Crippen LogP contribution in [0.25, 0.3) is 0 Å². The maximum atomic E-state index is 6.12. The molecule has 3 nitrogen and oxygen atoms in total. The highest BCUT2D eigenvalue weighted by atomic mass is 32.2. The zero-order valence-corrected chi connectivity index (χ0v) is 14.0. The highest BCUT2D eigenvalue weighted by Gasteiger charge is 2.27. The van der Waals surface area contributed by atoms with Crippen molar-refractivity contribution in [2.24, 2.45) is 5.73 Å². The number of nitrogens with zero attached hydrogens (tertiary/aromatic N) is 2. The van der Waals surface area contributed by atoms with Crippen LogP contribution in [0.3, 0.4) is 0 Å². The van der Waals surface area contributed by atoms with E-state index in [1.165, 1.54) is 54.1 Å². The molecule has 2 aliphatic heterocycles. The molecule has 0 bridgehead atoms. The average Bonchev–Trinajstić information content (AvgIpc) is 3.02. The second kappa shape index (κ2) is 6.59. The first-order chi connectivity index (χ1) is 10.2. The van der Waals surface area contributed by atoms with E-state index < -0.39 is 0 Å². The Labute approximate surface area is 132 Å². The summed E-state index contributed by atoms with van der Waals surface area (Å²) in [6.45, 7) is 1.87. The summed E-state index contributed by atoms with van der Waals surface area (Å²) in [5.74, 6) is 2.54. The van der Waals surface area contributed by atoms with Gasteiger partial charge in [0.1, 0.15) is 0 Å². The van der Waals surface area contributed by atoms with E-state index in [0.717, 1.165) is 0 Å². The Bertz CT molecular complexity index is 485. The molecule has 0 aromatic heterocycles. The highest BCUT2D eigenvalue weighted by Crippen LogP contribution is 2.32. The van der Waals surface area contributed by atoms with Crippen molar-refractivity contribution in [2.45, 2.75) is 31.3 Å². The molecule has 0 saturated carbocycles. The van der Waals surface area contributed by atoms with Crippen molar-refractivity contribution in [1.82, 2.24) is 4.90 Å². The Morgan fingerprint density at radius 3 is 3.05 bits per heavy atom. The van der Waals surface area contributed by atoms with Gasteiger partial charge in [-0.15, -0.1) is 0 Å². The van der Waals surface area contributed by atoms with Gasteiger partial charge in [0.2, 0.25) is 0 Å². The van der Waals surface area contributed by atoms with Crippen molar-refractivity contribution in [1.29, 1.82) is 0 Å². The smallest absolute Gasteiger partial charge is 0.0470 e. The van der Waals surface area contributed by atoms with Crippen molar-refractivity contribution >= 4 is 17.4 Å². The van der Waals surface area contributed by atoms with Gasteiger partial charge in [0.25, 0.3) is 0 Å². The third-order valence-corrected chi connectivity index (χ3v) is 6.18. The van der Waals surface area contributed by atoms with Gasteiger partial charge in [-0.1, -0.05) is 12.1 Å². The van der Waals surface area contributed by atoms with Crippen LogP contribution in [0.15, 0.2) is 18.2 Å². The molecule has 0 spiro atoms. The topological polar surface area (TPSA) is 32.5 Å². The van der Waals surface area contributed by atoms with Gasteiger partial charge in [0.15, 0.2) is 0 Å². The van der Waals surface area contributed by atoms with Crippen LogP contribution in [0.4, 0.5) is 5.69 Å². The molecule has 1 aromatic rings. The van der Waals surface area contributed by atoms with Crippen LogP contribution in [-0.4, -0.2) is 49.6 Å². The summed E-state index contributed by atoms with van der Waals surface area (Å²) in [6.07, 6.45) is 3.76. The Morgan fingerprint density at radius 1 is 1.48 bits per heavy atom. The number of rotatable bonds is 4. The lowest BCUT2D eigenvalue weighted by molar-refractivity contribution is 0.193. The second-order valence-electron chi connectivity index (χ2n) is 6.35. The van der Waals surface area contributed by atoms with E-state index in [0.29, 0.717) is 18.6 Å². The van der Waals surface area contributed by atoms with Gasteiger partial charge in [-0.25, -0.2) is 0 Å². The van der Waals surface area contributed by atoms with Crippen molar-refractivity contribution in [3.05, 3.63) is 29.3 Å². The molecule has 1 saturated heterocycles. The summed E-state index contributed by atoms with van der Waals surface area (Å²) in [6, 6.07) is 8.02. The minimum atomic E-state index is 0.353. The lowest BCUT2D eigenvalue weighted by Crippen LogP contribution is -2.38. The zero-order valence-electron chi connectivity index (χ0n) is 13.2. The molecule has 0 radical (unpaired) electrons. The van der Waals surface area contributed by atoms with Crippen LogP contribution >= 0.6 is 11.8 Å². The van der Waals surface area contributed by atoms with Crippen molar-refractivity contribution in [2.75, 3.05) is 43.6 Å². The Morgan fingerprint density at radius 2 is 2.33 bits per heavy atom. The van der Waals surface area contributed by atoms with E-state index in [2.05, 4.69) is 53.9 Å². The summed E-state index contributed by atoms with van der Waals surface area (Å²) in [5, 5.41) is 0. The molecule has 2 unspecified atom stereocenters. The molecular weight excluding hydrogens is 278 g/mol. The van der Waals surface area contributed by atoms with Gasteiger partial charge in [-0.2, -0.15) is 11.8 Å². The molecule has 0 amide bonds. The summed E-state index contributed by atoms with van der Waals surface area (Å²) in [7, 11) is 4.44. The summed E-state index contributed by atoms with van der Waals surface area (Å²) in [4.78, 5) is 4.88. The monoisotopic (exact) mass is 305 g/mol. The largest absolute Gasteiger partial charge is 0.374 e. The number of hydrogen-bond acceptors (Lipinski definition) is 4. The van der Waals surface area contributed by atoms with Crippen molar-refractivity contribution in [3.63, 3.8) is 0 Å². The molecule has 2 N–H and O–H groups in total. The molecule has 2 heterocycles. The maximum Gasteiger partial charge on any atom is 0.0470 e. The molecule has 1 fully saturated rings. The fraction of sp³-hybridized carbons (Fsp3) is 0.647. The molecule has 2 atom stereocenters. The Hall–Kier alpha value is -0.710. The standard InChI is InChI=1S/C17H27N3S/c1-19-8-3-4-13-10-14(5-6-16(13)19)17(11-18)20(2)15-7-9-21-12-15/h5-6,10,15,17H,3-4,7-9,11-12,18H2,1-2H3. The van der Waals surface area contributed by atoms with E-state index in [1.807, 2.05) is 0 Å².